The van der Waals surface area contributed by atoms with E-state index in [2.05, 4.69) is 15.5 Å². The highest BCUT2D eigenvalue weighted by Crippen LogP contribution is 2.27. The Hall–Kier alpha value is -2.40. The van der Waals surface area contributed by atoms with Gasteiger partial charge >= 0.3 is 0 Å². The minimum absolute atomic E-state index is 0. The van der Waals surface area contributed by atoms with Crippen molar-refractivity contribution in [2.45, 2.75) is 0 Å². The predicted octanol–water partition coefficient (Wildman–Crippen LogP) is 2.54. The molecule has 0 spiro atoms. The molecule has 1 aliphatic rings. The number of amides is 1. The first-order valence-corrected chi connectivity index (χ1v) is 7.85. The van der Waals surface area contributed by atoms with Crippen LogP contribution in [0, 0.1) is 0 Å². The average molecular weight is 348 g/mol. The molecule has 2 N–H and O–H groups in total. The number of rotatable bonds is 6. The smallest absolute Gasteiger partial charge is 0.239 e. The molecule has 0 saturated carbocycles. The van der Waals surface area contributed by atoms with Crippen molar-refractivity contribution in [3.63, 3.8) is 0 Å². The van der Waals surface area contributed by atoms with Gasteiger partial charge in [0.05, 0.1) is 24.5 Å². The standard InChI is InChI=1S/C18H21N3O2.ClH/c22-18(20-11-13-23-15-6-2-1-3-7-15)14-21-12-10-19-16-8-4-5-9-17(16)21;/h1-9,19H,10-14H2,(H,20,22);1H. The van der Waals surface area contributed by atoms with Crippen LogP contribution in [-0.2, 0) is 4.79 Å². The fourth-order valence-electron chi connectivity index (χ4n) is 2.61. The molecule has 0 aromatic heterocycles. The van der Waals surface area contributed by atoms with E-state index in [0.717, 1.165) is 30.2 Å². The van der Waals surface area contributed by atoms with Gasteiger partial charge in [-0.25, -0.2) is 0 Å². The summed E-state index contributed by atoms with van der Waals surface area (Å²) >= 11 is 0. The van der Waals surface area contributed by atoms with Crippen LogP contribution in [0.2, 0.25) is 0 Å². The van der Waals surface area contributed by atoms with Gasteiger partial charge in [0, 0.05) is 13.1 Å². The molecule has 0 fully saturated rings. The number of halogens is 1. The lowest BCUT2D eigenvalue weighted by atomic mass is 10.2. The summed E-state index contributed by atoms with van der Waals surface area (Å²) in [6.07, 6.45) is 0. The Morgan fingerprint density at radius 1 is 1.12 bits per heavy atom. The summed E-state index contributed by atoms with van der Waals surface area (Å²) in [4.78, 5) is 14.2. The zero-order chi connectivity index (χ0) is 15.9. The molecule has 0 bridgehead atoms. The van der Waals surface area contributed by atoms with Gasteiger partial charge in [0.15, 0.2) is 0 Å². The van der Waals surface area contributed by atoms with Gasteiger partial charge in [-0.05, 0) is 24.3 Å². The van der Waals surface area contributed by atoms with Gasteiger partial charge in [-0.15, -0.1) is 12.4 Å². The number of benzene rings is 2. The summed E-state index contributed by atoms with van der Waals surface area (Å²) in [6, 6.07) is 17.7. The summed E-state index contributed by atoms with van der Waals surface area (Å²) in [7, 11) is 0. The molecule has 3 rings (SSSR count). The van der Waals surface area contributed by atoms with Crippen molar-refractivity contribution in [1.29, 1.82) is 0 Å². The average Bonchev–Trinajstić information content (AvgIpc) is 2.60. The number of anilines is 2. The van der Waals surface area contributed by atoms with Crippen molar-refractivity contribution < 1.29 is 9.53 Å². The topological polar surface area (TPSA) is 53.6 Å². The third-order valence-electron chi connectivity index (χ3n) is 3.71. The summed E-state index contributed by atoms with van der Waals surface area (Å²) in [5.41, 5.74) is 2.16. The van der Waals surface area contributed by atoms with E-state index in [-0.39, 0.29) is 18.3 Å². The van der Waals surface area contributed by atoms with Gasteiger partial charge < -0.3 is 20.3 Å². The molecule has 6 heteroatoms. The number of hydrogen-bond donors (Lipinski definition) is 2. The van der Waals surface area contributed by atoms with Crippen LogP contribution in [0.3, 0.4) is 0 Å². The predicted molar refractivity (Wildman–Crippen MR) is 99.3 cm³/mol. The molecule has 2 aromatic rings. The molecule has 5 nitrogen and oxygen atoms in total. The van der Waals surface area contributed by atoms with E-state index in [1.165, 1.54) is 0 Å². The van der Waals surface area contributed by atoms with Crippen molar-refractivity contribution in [1.82, 2.24) is 5.32 Å². The Labute approximate surface area is 148 Å². The second-order valence-corrected chi connectivity index (χ2v) is 5.38. The van der Waals surface area contributed by atoms with E-state index in [4.69, 9.17) is 4.74 Å². The molecule has 1 aliphatic heterocycles. The Morgan fingerprint density at radius 2 is 1.88 bits per heavy atom. The molecule has 0 unspecified atom stereocenters. The van der Waals surface area contributed by atoms with Crippen LogP contribution in [0.25, 0.3) is 0 Å². The summed E-state index contributed by atoms with van der Waals surface area (Å²) in [6.45, 7) is 3.01. The zero-order valence-electron chi connectivity index (χ0n) is 13.4. The molecule has 0 saturated heterocycles. The van der Waals surface area contributed by atoms with Crippen molar-refractivity contribution in [3.05, 3.63) is 54.6 Å². The van der Waals surface area contributed by atoms with E-state index in [0.29, 0.717) is 19.7 Å². The summed E-state index contributed by atoms with van der Waals surface area (Å²) in [5.74, 6) is 0.830. The minimum Gasteiger partial charge on any atom is -0.492 e. The lowest BCUT2D eigenvalue weighted by Crippen LogP contribution is -2.42. The minimum atomic E-state index is 0. The van der Waals surface area contributed by atoms with E-state index < -0.39 is 0 Å². The molecule has 1 amide bonds. The van der Waals surface area contributed by atoms with E-state index >= 15 is 0 Å². The largest absolute Gasteiger partial charge is 0.492 e. The molecule has 0 atom stereocenters. The highest BCUT2D eigenvalue weighted by Gasteiger charge is 2.17. The lowest BCUT2D eigenvalue weighted by molar-refractivity contribution is -0.119. The van der Waals surface area contributed by atoms with Crippen molar-refractivity contribution in [3.8, 4) is 5.75 Å². The highest BCUT2D eigenvalue weighted by molar-refractivity contribution is 5.85. The number of carbonyl (C=O) groups excluding carboxylic acids is 1. The second kappa shape index (κ2) is 9.03. The SMILES string of the molecule is Cl.O=C(CN1CCNc2ccccc21)NCCOc1ccccc1. The van der Waals surface area contributed by atoms with E-state index in [1.807, 2.05) is 54.6 Å². The number of para-hydroxylation sites is 3. The Bertz CT molecular complexity index is 652. The van der Waals surface area contributed by atoms with Gasteiger partial charge in [0.25, 0.3) is 0 Å². The second-order valence-electron chi connectivity index (χ2n) is 5.38. The first kappa shape index (κ1) is 17.9. The molecule has 0 aliphatic carbocycles. The monoisotopic (exact) mass is 347 g/mol. The van der Waals surface area contributed by atoms with Gasteiger partial charge in [-0.3, -0.25) is 4.79 Å². The van der Waals surface area contributed by atoms with Crippen molar-refractivity contribution >= 4 is 29.7 Å². The number of nitrogens with zero attached hydrogens (tertiary/aromatic N) is 1. The normalized spacial score (nSPS) is 12.4. The summed E-state index contributed by atoms with van der Waals surface area (Å²) in [5, 5.41) is 6.25. The first-order valence-electron chi connectivity index (χ1n) is 7.85. The van der Waals surface area contributed by atoms with Crippen LogP contribution in [0.1, 0.15) is 0 Å². The fourth-order valence-corrected chi connectivity index (χ4v) is 2.61. The van der Waals surface area contributed by atoms with Crippen LogP contribution >= 0.6 is 12.4 Å². The third-order valence-corrected chi connectivity index (χ3v) is 3.71. The van der Waals surface area contributed by atoms with Gasteiger partial charge in [0.1, 0.15) is 12.4 Å². The number of carbonyl (C=O) groups is 1. The maximum Gasteiger partial charge on any atom is 0.239 e. The van der Waals surface area contributed by atoms with Crippen molar-refractivity contribution in [2.75, 3.05) is 43.0 Å². The Kier molecular flexibility index (Phi) is 6.75. The van der Waals surface area contributed by atoms with Gasteiger partial charge in [-0.2, -0.15) is 0 Å². The van der Waals surface area contributed by atoms with E-state index in [1.54, 1.807) is 0 Å². The number of ether oxygens (including phenoxy) is 1. The number of nitrogens with one attached hydrogen (secondary N) is 2. The molecule has 128 valence electrons. The quantitative estimate of drug-likeness (QED) is 0.788. The maximum absolute atomic E-state index is 12.1. The van der Waals surface area contributed by atoms with Gasteiger partial charge in [0.2, 0.25) is 5.91 Å². The van der Waals surface area contributed by atoms with Gasteiger partial charge in [-0.1, -0.05) is 30.3 Å². The molecular formula is C18H22ClN3O2. The first-order chi connectivity index (χ1) is 11.3. The van der Waals surface area contributed by atoms with E-state index in [9.17, 15) is 4.79 Å². The number of hydrogen-bond acceptors (Lipinski definition) is 4. The molecule has 2 aromatic carbocycles. The molecule has 0 radical (unpaired) electrons. The third kappa shape index (κ3) is 4.80. The fraction of sp³-hybridized carbons (Fsp3) is 0.278. The van der Waals surface area contributed by atoms with Crippen LogP contribution in [0.15, 0.2) is 54.6 Å². The lowest BCUT2D eigenvalue weighted by Gasteiger charge is -2.31. The molecule has 1 heterocycles. The zero-order valence-corrected chi connectivity index (χ0v) is 14.2. The van der Waals surface area contributed by atoms with Crippen LogP contribution < -0.4 is 20.3 Å². The Morgan fingerprint density at radius 3 is 2.71 bits per heavy atom. The van der Waals surface area contributed by atoms with Crippen molar-refractivity contribution in [2.24, 2.45) is 0 Å². The molecular weight excluding hydrogens is 326 g/mol. The Balaban J connectivity index is 0.00000208. The van der Waals surface area contributed by atoms with Crippen LogP contribution in [0.4, 0.5) is 11.4 Å². The van der Waals surface area contributed by atoms with Crippen LogP contribution in [-0.4, -0.2) is 38.7 Å². The maximum atomic E-state index is 12.1. The summed E-state index contributed by atoms with van der Waals surface area (Å²) < 4.78 is 5.56. The number of fused-ring (bicyclic) bond motifs is 1. The van der Waals surface area contributed by atoms with Crippen LogP contribution in [0.5, 0.6) is 5.75 Å². The molecule has 24 heavy (non-hydrogen) atoms. The highest BCUT2D eigenvalue weighted by atomic mass is 35.5.